The van der Waals surface area contributed by atoms with Crippen molar-refractivity contribution in [1.29, 1.82) is 0 Å². The zero-order valence-electron chi connectivity index (χ0n) is 10.5. The fraction of sp³-hybridized carbons (Fsp3) is 0.667. The van der Waals surface area contributed by atoms with Gasteiger partial charge in [-0.3, -0.25) is 0 Å². The normalized spacial score (nSPS) is 33.1. The second-order valence-electron chi connectivity index (χ2n) is 5.35. The molecular weight excluding hydrogens is 212 g/mol. The van der Waals surface area contributed by atoms with Crippen LogP contribution < -0.4 is 0 Å². The van der Waals surface area contributed by atoms with Gasteiger partial charge in [0.1, 0.15) is 0 Å². The van der Waals surface area contributed by atoms with E-state index in [2.05, 4.69) is 0 Å². The number of fused-ring (bicyclic) bond motifs is 2. The second kappa shape index (κ2) is 4.32. The van der Waals surface area contributed by atoms with Crippen molar-refractivity contribution in [1.82, 2.24) is 0 Å². The van der Waals surface area contributed by atoms with Gasteiger partial charge in [-0.25, -0.2) is 4.79 Å². The van der Waals surface area contributed by atoms with E-state index >= 15 is 0 Å². The first-order valence-electron chi connectivity index (χ1n) is 6.92. The standard InChI is InChI=1S/C15H20O2/c1-2-17-15(16)9-14-12-7-3-5-10(12)11-6-4-8-13(11)14/h9-10,12H,2-8H2,1H3/b14-9+/t10-,12+/m1/s1. The molecule has 3 aliphatic rings. The summed E-state index contributed by atoms with van der Waals surface area (Å²) >= 11 is 0. The lowest BCUT2D eigenvalue weighted by molar-refractivity contribution is -0.137. The number of allylic oxidation sites excluding steroid dienone is 3. The number of esters is 1. The van der Waals surface area contributed by atoms with Crippen LogP contribution in [-0.4, -0.2) is 12.6 Å². The van der Waals surface area contributed by atoms with E-state index in [1.165, 1.54) is 49.7 Å². The Morgan fingerprint density at radius 1 is 1.29 bits per heavy atom. The Morgan fingerprint density at radius 3 is 2.94 bits per heavy atom. The van der Waals surface area contributed by atoms with Crippen LogP contribution in [0.5, 0.6) is 0 Å². The van der Waals surface area contributed by atoms with Crippen LogP contribution in [0.2, 0.25) is 0 Å². The van der Waals surface area contributed by atoms with Gasteiger partial charge in [0.2, 0.25) is 0 Å². The first-order chi connectivity index (χ1) is 8.31. The van der Waals surface area contributed by atoms with Gasteiger partial charge in [-0.2, -0.15) is 0 Å². The molecule has 0 aliphatic heterocycles. The highest BCUT2D eigenvalue weighted by Gasteiger charge is 2.42. The average molecular weight is 232 g/mol. The third kappa shape index (κ3) is 1.74. The first kappa shape index (κ1) is 11.1. The highest BCUT2D eigenvalue weighted by Crippen LogP contribution is 2.55. The molecule has 0 bridgehead atoms. The van der Waals surface area contributed by atoms with E-state index in [1.807, 2.05) is 6.92 Å². The van der Waals surface area contributed by atoms with Crippen molar-refractivity contribution >= 4 is 5.97 Å². The average Bonchev–Trinajstić information content (AvgIpc) is 2.96. The van der Waals surface area contributed by atoms with Crippen molar-refractivity contribution in [3.63, 3.8) is 0 Å². The van der Waals surface area contributed by atoms with Gasteiger partial charge in [-0.15, -0.1) is 0 Å². The zero-order valence-corrected chi connectivity index (χ0v) is 10.5. The molecule has 1 saturated carbocycles. The summed E-state index contributed by atoms with van der Waals surface area (Å²) in [5.74, 6) is 1.27. The van der Waals surface area contributed by atoms with E-state index < -0.39 is 0 Å². The van der Waals surface area contributed by atoms with Crippen LogP contribution in [0.4, 0.5) is 0 Å². The van der Waals surface area contributed by atoms with E-state index in [1.54, 1.807) is 11.6 Å². The lowest BCUT2D eigenvalue weighted by atomic mass is 9.89. The van der Waals surface area contributed by atoms with Gasteiger partial charge in [-0.05, 0) is 62.0 Å². The molecule has 0 aromatic rings. The van der Waals surface area contributed by atoms with Crippen molar-refractivity contribution in [3.05, 3.63) is 22.8 Å². The molecule has 2 heteroatoms. The maximum absolute atomic E-state index is 11.7. The number of carbonyl (C=O) groups is 1. The summed E-state index contributed by atoms with van der Waals surface area (Å²) in [4.78, 5) is 11.7. The Kier molecular flexibility index (Phi) is 2.81. The van der Waals surface area contributed by atoms with Gasteiger partial charge in [0, 0.05) is 6.08 Å². The summed E-state index contributed by atoms with van der Waals surface area (Å²) in [7, 11) is 0. The van der Waals surface area contributed by atoms with E-state index in [0.29, 0.717) is 12.5 Å². The van der Waals surface area contributed by atoms with Crippen LogP contribution in [0.25, 0.3) is 0 Å². The van der Waals surface area contributed by atoms with Gasteiger partial charge in [-0.1, -0.05) is 12.0 Å². The van der Waals surface area contributed by atoms with Crippen LogP contribution in [-0.2, 0) is 9.53 Å². The van der Waals surface area contributed by atoms with Crippen LogP contribution >= 0.6 is 0 Å². The fourth-order valence-corrected chi connectivity index (χ4v) is 3.98. The minimum Gasteiger partial charge on any atom is -0.463 e. The Hall–Kier alpha value is -1.05. The molecule has 2 atom stereocenters. The predicted molar refractivity (Wildman–Crippen MR) is 66.4 cm³/mol. The minimum absolute atomic E-state index is 0.145. The monoisotopic (exact) mass is 232 g/mol. The van der Waals surface area contributed by atoms with E-state index in [0.717, 1.165) is 5.92 Å². The summed E-state index contributed by atoms with van der Waals surface area (Å²) in [6.07, 6.45) is 9.47. The molecule has 0 amide bonds. The van der Waals surface area contributed by atoms with Crippen molar-refractivity contribution < 1.29 is 9.53 Å². The number of rotatable bonds is 2. The summed E-state index contributed by atoms with van der Waals surface area (Å²) in [5, 5.41) is 0. The highest BCUT2D eigenvalue weighted by molar-refractivity contribution is 5.84. The maximum atomic E-state index is 11.7. The van der Waals surface area contributed by atoms with Crippen molar-refractivity contribution in [2.24, 2.45) is 11.8 Å². The lowest BCUT2D eigenvalue weighted by Crippen LogP contribution is -2.08. The van der Waals surface area contributed by atoms with Gasteiger partial charge >= 0.3 is 5.97 Å². The molecule has 92 valence electrons. The largest absolute Gasteiger partial charge is 0.463 e. The highest BCUT2D eigenvalue weighted by atomic mass is 16.5. The Labute approximate surface area is 103 Å². The number of hydrogen-bond acceptors (Lipinski definition) is 2. The molecule has 0 saturated heterocycles. The molecule has 0 radical (unpaired) electrons. The maximum Gasteiger partial charge on any atom is 0.331 e. The Morgan fingerprint density at radius 2 is 2.12 bits per heavy atom. The molecule has 3 rings (SSSR count). The van der Waals surface area contributed by atoms with Crippen molar-refractivity contribution in [2.75, 3.05) is 6.61 Å². The molecule has 3 aliphatic carbocycles. The molecule has 0 aromatic carbocycles. The van der Waals surface area contributed by atoms with Crippen LogP contribution in [0, 0.1) is 11.8 Å². The summed E-state index contributed by atoms with van der Waals surface area (Å²) in [6.45, 7) is 2.34. The van der Waals surface area contributed by atoms with Crippen LogP contribution in [0.1, 0.15) is 45.4 Å². The van der Waals surface area contributed by atoms with Crippen molar-refractivity contribution in [2.45, 2.75) is 45.4 Å². The molecule has 2 nitrogen and oxygen atoms in total. The first-order valence-corrected chi connectivity index (χ1v) is 6.92. The Balaban J connectivity index is 1.90. The van der Waals surface area contributed by atoms with Gasteiger partial charge < -0.3 is 4.74 Å². The molecule has 0 spiro atoms. The quantitative estimate of drug-likeness (QED) is 0.539. The number of ether oxygens (including phenoxy) is 1. The number of carbonyl (C=O) groups excluding carboxylic acids is 1. The SMILES string of the molecule is CCOC(=O)/C=C1/C2=C(CCC2)[C@H]2CCC[C@H]12. The lowest BCUT2D eigenvalue weighted by Gasteiger charge is -2.15. The van der Waals surface area contributed by atoms with E-state index in [9.17, 15) is 4.79 Å². The van der Waals surface area contributed by atoms with E-state index in [-0.39, 0.29) is 5.97 Å². The molecule has 0 N–H and O–H groups in total. The fourth-order valence-electron chi connectivity index (χ4n) is 3.98. The molecule has 1 fully saturated rings. The predicted octanol–water partition coefficient (Wildman–Crippen LogP) is 3.39. The summed E-state index contributed by atoms with van der Waals surface area (Å²) in [6, 6.07) is 0. The molecule has 17 heavy (non-hydrogen) atoms. The summed E-state index contributed by atoms with van der Waals surface area (Å²) in [5.41, 5.74) is 4.54. The zero-order chi connectivity index (χ0) is 11.8. The van der Waals surface area contributed by atoms with Gasteiger partial charge in [0.15, 0.2) is 0 Å². The minimum atomic E-state index is -0.145. The number of hydrogen-bond donors (Lipinski definition) is 0. The summed E-state index contributed by atoms with van der Waals surface area (Å²) < 4.78 is 5.06. The van der Waals surface area contributed by atoms with Crippen LogP contribution in [0.15, 0.2) is 22.8 Å². The smallest absolute Gasteiger partial charge is 0.331 e. The molecule has 0 aromatic heterocycles. The molecule has 0 heterocycles. The van der Waals surface area contributed by atoms with Gasteiger partial charge in [0.05, 0.1) is 6.61 Å². The van der Waals surface area contributed by atoms with E-state index in [4.69, 9.17) is 4.74 Å². The Bertz CT molecular complexity index is 403. The molecule has 0 unspecified atom stereocenters. The van der Waals surface area contributed by atoms with Crippen molar-refractivity contribution in [3.8, 4) is 0 Å². The third-order valence-corrected chi connectivity index (χ3v) is 4.53. The third-order valence-electron chi connectivity index (χ3n) is 4.53. The second-order valence-corrected chi connectivity index (χ2v) is 5.35. The van der Waals surface area contributed by atoms with Crippen LogP contribution in [0.3, 0.4) is 0 Å². The van der Waals surface area contributed by atoms with Gasteiger partial charge in [0.25, 0.3) is 0 Å². The topological polar surface area (TPSA) is 26.3 Å². The molecular formula is C15H20O2.